The quantitative estimate of drug-likeness (QED) is 0.187. The number of hydrogen-bond donors (Lipinski definition) is 0. The molecule has 51 heavy (non-hydrogen) atoms. The molecule has 0 aliphatic carbocycles. The highest BCUT2D eigenvalue weighted by atomic mass is 32.1. The van der Waals surface area contributed by atoms with Gasteiger partial charge in [-0.15, -0.1) is 11.3 Å². The Morgan fingerprint density at radius 1 is 0.431 bits per heavy atom. The van der Waals surface area contributed by atoms with Crippen LogP contribution in [0.15, 0.2) is 170 Å². The monoisotopic (exact) mass is 668 g/mol. The second kappa shape index (κ2) is 11.0. The minimum Gasteiger partial charge on any atom is -0.309 e. The third kappa shape index (κ3) is 4.25. The maximum Gasteiger partial charge on any atom is 0.159 e. The molecule has 0 atom stereocenters. The smallest absolute Gasteiger partial charge is 0.159 e. The van der Waals surface area contributed by atoms with E-state index in [1.807, 2.05) is 6.20 Å². The predicted molar refractivity (Wildman–Crippen MR) is 214 cm³/mol. The van der Waals surface area contributed by atoms with Gasteiger partial charge in [0.2, 0.25) is 0 Å². The molecule has 0 bridgehead atoms. The molecule has 4 nitrogen and oxygen atoms in total. The first-order valence-corrected chi connectivity index (χ1v) is 18.0. The van der Waals surface area contributed by atoms with Gasteiger partial charge in [0.15, 0.2) is 5.82 Å². The zero-order chi connectivity index (χ0) is 33.5. The van der Waals surface area contributed by atoms with Gasteiger partial charge in [-0.05, 0) is 65.7 Å². The summed E-state index contributed by atoms with van der Waals surface area (Å²) in [6.07, 6.45) is 1.99. The van der Waals surface area contributed by atoms with Crippen molar-refractivity contribution in [1.82, 2.24) is 19.1 Å². The molecule has 11 rings (SSSR count). The summed E-state index contributed by atoms with van der Waals surface area (Å²) in [7, 11) is 0. The minimum atomic E-state index is 0.722. The first-order chi connectivity index (χ1) is 25.3. The molecule has 7 aromatic carbocycles. The molecular weight excluding hydrogens is 641 g/mol. The Hall–Kier alpha value is -6.56. The van der Waals surface area contributed by atoms with Gasteiger partial charge in [0.05, 0.1) is 32.3 Å². The van der Waals surface area contributed by atoms with Crippen molar-refractivity contribution in [2.75, 3.05) is 0 Å². The van der Waals surface area contributed by atoms with Gasteiger partial charge in [-0.3, -0.25) is 0 Å². The summed E-state index contributed by atoms with van der Waals surface area (Å²) in [5, 5.41) is 6.14. The molecule has 4 heterocycles. The van der Waals surface area contributed by atoms with Crippen molar-refractivity contribution < 1.29 is 0 Å². The highest BCUT2D eigenvalue weighted by Crippen LogP contribution is 2.41. The number of aromatic nitrogens is 4. The number of thiophene rings is 1. The maximum atomic E-state index is 5.26. The third-order valence-corrected chi connectivity index (χ3v) is 11.3. The van der Waals surface area contributed by atoms with Crippen molar-refractivity contribution in [3.8, 4) is 33.9 Å². The zero-order valence-corrected chi connectivity index (χ0v) is 28.2. The average molecular weight is 669 g/mol. The van der Waals surface area contributed by atoms with Crippen LogP contribution in [-0.4, -0.2) is 19.1 Å². The van der Waals surface area contributed by atoms with E-state index < -0.39 is 0 Å². The Labute approximate surface area is 297 Å². The summed E-state index contributed by atoms with van der Waals surface area (Å²) >= 11 is 1.74. The fourth-order valence-corrected chi connectivity index (χ4v) is 8.96. The van der Waals surface area contributed by atoms with Crippen LogP contribution in [0.1, 0.15) is 0 Å². The summed E-state index contributed by atoms with van der Waals surface area (Å²) in [6.45, 7) is 0. The number of hydrogen-bond acceptors (Lipinski definition) is 3. The molecule has 0 unspecified atom stereocenters. The van der Waals surface area contributed by atoms with Crippen molar-refractivity contribution in [1.29, 1.82) is 0 Å². The van der Waals surface area contributed by atoms with E-state index in [4.69, 9.17) is 9.97 Å². The van der Waals surface area contributed by atoms with Gasteiger partial charge in [0, 0.05) is 54.8 Å². The van der Waals surface area contributed by atoms with Crippen LogP contribution in [0.25, 0.3) is 97.8 Å². The Morgan fingerprint density at radius 2 is 1.04 bits per heavy atom. The molecule has 0 N–H and O–H groups in total. The van der Waals surface area contributed by atoms with Crippen LogP contribution >= 0.6 is 11.3 Å². The number of fused-ring (bicyclic) bond motifs is 9. The van der Waals surface area contributed by atoms with Gasteiger partial charge < -0.3 is 9.13 Å². The highest BCUT2D eigenvalue weighted by molar-refractivity contribution is 7.25. The number of para-hydroxylation sites is 3. The van der Waals surface area contributed by atoms with Crippen molar-refractivity contribution in [3.05, 3.63) is 170 Å². The van der Waals surface area contributed by atoms with Gasteiger partial charge in [0.25, 0.3) is 0 Å². The Bertz CT molecular complexity index is 3090. The lowest BCUT2D eigenvalue weighted by Gasteiger charge is -2.10. The molecule has 11 aromatic rings. The lowest BCUT2D eigenvalue weighted by Crippen LogP contribution is -1.95. The molecule has 5 heteroatoms. The van der Waals surface area contributed by atoms with E-state index >= 15 is 0 Å². The molecule has 0 aliphatic rings. The first-order valence-electron chi connectivity index (χ1n) is 17.2. The SMILES string of the molecule is c1ccc(-c2cccc3c2c2ccccc2n3-c2ccc3sc4cnc(-c5cccc(-n6c7ccccc7c7ccccc76)c5)nc4c3c2)cc1. The van der Waals surface area contributed by atoms with Crippen LogP contribution in [0.5, 0.6) is 0 Å². The third-order valence-electron chi connectivity index (χ3n) is 10.2. The normalized spacial score (nSPS) is 11.9. The fourth-order valence-electron chi connectivity index (χ4n) is 7.97. The molecule has 0 saturated heterocycles. The minimum absolute atomic E-state index is 0.722. The highest BCUT2D eigenvalue weighted by Gasteiger charge is 2.18. The summed E-state index contributed by atoms with van der Waals surface area (Å²) in [5.74, 6) is 0.722. The molecule has 238 valence electrons. The van der Waals surface area contributed by atoms with Crippen LogP contribution in [0.4, 0.5) is 0 Å². The van der Waals surface area contributed by atoms with Crippen molar-refractivity contribution >= 4 is 75.3 Å². The van der Waals surface area contributed by atoms with Crippen molar-refractivity contribution in [2.24, 2.45) is 0 Å². The van der Waals surface area contributed by atoms with E-state index in [1.54, 1.807) is 11.3 Å². The molecule has 0 radical (unpaired) electrons. The van der Waals surface area contributed by atoms with E-state index in [0.717, 1.165) is 38.4 Å². The maximum absolute atomic E-state index is 5.26. The van der Waals surface area contributed by atoms with Crippen LogP contribution < -0.4 is 0 Å². The van der Waals surface area contributed by atoms with E-state index in [-0.39, 0.29) is 0 Å². The van der Waals surface area contributed by atoms with Gasteiger partial charge in [-0.2, -0.15) is 0 Å². The number of nitrogens with zero attached hydrogens (tertiary/aromatic N) is 4. The van der Waals surface area contributed by atoms with Gasteiger partial charge >= 0.3 is 0 Å². The van der Waals surface area contributed by atoms with Gasteiger partial charge in [-0.25, -0.2) is 9.97 Å². The van der Waals surface area contributed by atoms with Crippen LogP contribution in [0, 0.1) is 0 Å². The Morgan fingerprint density at radius 3 is 1.82 bits per heavy atom. The van der Waals surface area contributed by atoms with E-state index in [0.29, 0.717) is 0 Å². The van der Waals surface area contributed by atoms with Crippen LogP contribution in [0.3, 0.4) is 0 Å². The molecule has 0 amide bonds. The topological polar surface area (TPSA) is 35.6 Å². The molecule has 0 saturated carbocycles. The standard InChI is InChI=1S/C46H28N4S/c1-2-12-29(13-3-1)33-19-11-23-41-44(33)36-18-6-9-22-40(36)50(41)32-24-25-42-37(27-32)45-43(51-42)28-47-46(48-45)30-14-10-15-31(26-30)49-38-20-7-4-16-34(38)35-17-5-8-21-39(35)49/h1-28H. The van der Waals surface area contributed by atoms with E-state index in [9.17, 15) is 0 Å². The number of benzene rings is 7. The van der Waals surface area contributed by atoms with Crippen molar-refractivity contribution in [2.45, 2.75) is 0 Å². The first kappa shape index (κ1) is 28.3. The lowest BCUT2D eigenvalue weighted by molar-refractivity contribution is 1.17. The second-order valence-electron chi connectivity index (χ2n) is 13.0. The summed E-state index contributed by atoms with van der Waals surface area (Å²) < 4.78 is 7.02. The fraction of sp³-hybridized carbons (Fsp3) is 0. The lowest BCUT2D eigenvalue weighted by atomic mass is 9.99. The van der Waals surface area contributed by atoms with Gasteiger partial charge in [0.1, 0.15) is 0 Å². The molecule has 0 spiro atoms. The van der Waals surface area contributed by atoms with Gasteiger partial charge in [-0.1, -0.05) is 109 Å². The summed E-state index contributed by atoms with van der Waals surface area (Å²) in [5.41, 5.74) is 11.4. The molecule has 0 fully saturated rings. The molecule has 0 aliphatic heterocycles. The number of rotatable bonds is 4. The molecular formula is C46H28N4S. The van der Waals surface area contributed by atoms with Crippen LogP contribution in [0.2, 0.25) is 0 Å². The van der Waals surface area contributed by atoms with Crippen molar-refractivity contribution in [3.63, 3.8) is 0 Å². The second-order valence-corrected chi connectivity index (χ2v) is 14.1. The zero-order valence-electron chi connectivity index (χ0n) is 27.4. The molecule has 4 aromatic heterocycles. The largest absolute Gasteiger partial charge is 0.309 e. The predicted octanol–water partition coefficient (Wildman–Crippen LogP) is 12.4. The average Bonchev–Trinajstić information content (AvgIpc) is 3.85. The Balaban J connectivity index is 1.08. The van der Waals surface area contributed by atoms with E-state index in [1.165, 1.54) is 59.4 Å². The van der Waals surface area contributed by atoms with Crippen LogP contribution in [-0.2, 0) is 0 Å². The summed E-state index contributed by atoms with van der Waals surface area (Å²) in [4.78, 5) is 10.2. The van der Waals surface area contributed by atoms with E-state index in [2.05, 4.69) is 173 Å². The summed E-state index contributed by atoms with van der Waals surface area (Å²) in [6, 6.07) is 58.7. The Kier molecular flexibility index (Phi) is 6.09.